The van der Waals surface area contributed by atoms with Crippen LogP contribution in [0.2, 0.25) is 0 Å². The second-order valence-corrected chi connectivity index (χ2v) is 12.2. The third kappa shape index (κ3) is 6.76. The van der Waals surface area contributed by atoms with Crippen molar-refractivity contribution in [1.29, 1.82) is 0 Å². The number of aryl methyl sites for hydroxylation is 1. The number of hydrogen-bond acceptors (Lipinski definition) is 8. The molecule has 0 spiro atoms. The van der Waals surface area contributed by atoms with Gasteiger partial charge in [0.15, 0.2) is 11.5 Å². The van der Waals surface area contributed by atoms with Crippen LogP contribution in [0.4, 0.5) is 0 Å². The maximum absolute atomic E-state index is 13.9. The van der Waals surface area contributed by atoms with E-state index in [9.17, 15) is 14.7 Å². The maximum atomic E-state index is 13.9. The molecule has 2 saturated heterocycles. The molecule has 3 aromatic rings. The molecule has 1 amide bonds. The maximum Gasteiger partial charge on any atom is 0.254 e. The van der Waals surface area contributed by atoms with Gasteiger partial charge in [0.25, 0.3) is 5.88 Å². The Labute approximate surface area is 247 Å². The molecule has 5 rings (SSSR count). The fourth-order valence-electron chi connectivity index (χ4n) is 6.21. The van der Waals surface area contributed by atoms with E-state index >= 15 is 0 Å². The lowest BCUT2D eigenvalue weighted by Crippen LogP contribution is -2.44. The number of hydrogen-bond donors (Lipinski definition) is 2. The van der Waals surface area contributed by atoms with E-state index in [0.717, 1.165) is 42.8 Å². The molecule has 2 aliphatic heterocycles. The molecule has 0 radical (unpaired) electrons. The van der Waals surface area contributed by atoms with E-state index in [1.54, 1.807) is 17.2 Å². The van der Waals surface area contributed by atoms with Gasteiger partial charge in [-0.15, -0.1) is 0 Å². The number of ether oxygens (including phenoxy) is 1. The van der Waals surface area contributed by atoms with Gasteiger partial charge in [-0.05, 0) is 66.0 Å². The molecule has 4 heterocycles. The van der Waals surface area contributed by atoms with Gasteiger partial charge in [0.05, 0.1) is 24.4 Å². The van der Waals surface area contributed by atoms with Crippen molar-refractivity contribution in [1.82, 2.24) is 25.2 Å². The zero-order chi connectivity index (χ0) is 29.8. The van der Waals surface area contributed by atoms with Gasteiger partial charge in [-0.2, -0.15) is 5.10 Å². The van der Waals surface area contributed by atoms with Crippen molar-refractivity contribution in [2.45, 2.75) is 70.4 Å². The summed E-state index contributed by atoms with van der Waals surface area (Å²) in [6.45, 7) is 8.57. The summed E-state index contributed by atoms with van der Waals surface area (Å²) in [5.74, 6) is 0.211. The van der Waals surface area contributed by atoms with E-state index < -0.39 is 18.1 Å². The van der Waals surface area contributed by atoms with Crippen LogP contribution in [0.3, 0.4) is 0 Å². The number of rotatable bonds is 11. The molecule has 1 aromatic carbocycles. The molecule has 2 N–H and O–H groups in total. The highest BCUT2D eigenvalue weighted by atomic mass is 16.5. The van der Waals surface area contributed by atoms with Gasteiger partial charge >= 0.3 is 0 Å². The SMILES string of the molecule is CC(C)[C@@H](C(=O)N1C[C@H](O)C[C@H]1C(=O)C[C@@H](C)c1ccc(-c2ccnn2C)cc1)c1cc(OCC2CCNCC2)no1. The number of nitrogens with zero attached hydrogens (tertiary/aromatic N) is 4. The minimum Gasteiger partial charge on any atom is -0.475 e. The summed E-state index contributed by atoms with van der Waals surface area (Å²) in [4.78, 5) is 29.0. The number of Topliss-reactive ketones (excluding diaryl/α,β-unsaturated/α-hetero) is 1. The summed E-state index contributed by atoms with van der Waals surface area (Å²) < 4.78 is 13.3. The lowest BCUT2D eigenvalue weighted by atomic mass is 9.89. The highest BCUT2D eigenvalue weighted by Gasteiger charge is 2.43. The Morgan fingerprint density at radius 3 is 2.55 bits per heavy atom. The fourth-order valence-corrected chi connectivity index (χ4v) is 6.21. The summed E-state index contributed by atoms with van der Waals surface area (Å²) >= 11 is 0. The van der Waals surface area contributed by atoms with Crippen LogP contribution in [0.15, 0.2) is 47.1 Å². The van der Waals surface area contributed by atoms with Gasteiger partial charge in [-0.3, -0.25) is 14.3 Å². The Kier molecular flexibility index (Phi) is 9.43. The Hall–Kier alpha value is -3.50. The Balaban J connectivity index is 1.24. The van der Waals surface area contributed by atoms with Gasteiger partial charge in [0.1, 0.15) is 5.92 Å². The van der Waals surface area contributed by atoms with E-state index in [1.807, 2.05) is 62.8 Å². The smallest absolute Gasteiger partial charge is 0.254 e. The minimum absolute atomic E-state index is 0.0393. The first-order valence-corrected chi connectivity index (χ1v) is 15.1. The van der Waals surface area contributed by atoms with Crippen molar-refractivity contribution in [2.75, 3.05) is 26.2 Å². The summed E-state index contributed by atoms with van der Waals surface area (Å²) in [6, 6.07) is 11.1. The Morgan fingerprint density at radius 1 is 1.14 bits per heavy atom. The number of amides is 1. The van der Waals surface area contributed by atoms with E-state index in [0.29, 0.717) is 24.2 Å². The van der Waals surface area contributed by atoms with Crippen LogP contribution < -0.4 is 10.1 Å². The number of likely N-dealkylation sites (tertiary alicyclic amines) is 1. The Bertz CT molecular complexity index is 1340. The monoisotopic (exact) mass is 577 g/mol. The van der Waals surface area contributed by atoms with Crippen molar-refractivity contribution in [2.24, 2.45) is 18.9 Å². The van der Waals surface area contributed by atoms with E-state index in [-0.39, 0.29) is 42.9 Å². The number of β-amino-alcohol motifs (C(OH)–C–C–N with tert-alkyl or cyclic N) is 1. The highest BCUT2D eigenvalue weighted by Crippen LogP contribution is 2.34. The first-order valence-electron chi connectivity index (χ1n) is 15.1. The number of carbonyl (C=O) groups is 2. The van der Waals surface area contributed by atoms with Crippen molar-refractivity contribution in [3.8, 4) is 17.1 Å². The first kappa shape index (κ1) is 30.0. The van der Waals surface area contributed by atoms with Gasteiger partial charge in [0, 0.05) is 38.7 Å². The van der Waals surface area contributed by atoms with Crippen LogP contribution in [0, 0.1) is 11.8 Å². The number of aliphatic hydroxyl groups is 1. The predicted molar refractivity (Wildman–Crippen MR) is 158 cm³/mol. The van der Waals surface area contributed by atoms with Crippen LogP contribution in [0.25, 0.3) is 11.3 Å². The lowest BCUT2D eigenvalue weighted by molar-refractivity contribution is -0.140. The second-order valence-electron chi connectivity index (χ2n) is 12.2. The van der Waals surface area contributed by atoms with Crippen LogP contribution in [0.1, 0.15) is 69.6 Å². The molecular weight excluding hydrogens is 534 g/mol. The van der Waals surface area contributed by atoms with E-state index in [1.165, 1.54) is 0 Å². The molecule has 0 saturated carbocycles. The van der Waals surface area contributed by atoms with Crippen molar-refractivity contribution < 1.29 is 24.0 Å². The van der Waals surface area contributed by atoms with Gasteiger partial charge in [-0.25, -0.2) is 0 Å². The largest absolute Gasteiger partial charge is 0.475 e. The molecule has 10 heteroatoms. The van der Waals surface area contributed by atoms with Crippen molar-refractivity contribution >= 4 is 11.7 Å². The standard InChI is InChI=1S/C32H43N5O5/c1-20(2)31(29-17-30(35-42-29)41-19-22-9-12-33-13-10-22)32(40)37-18-25(38)16-27(37)28(39)15-21(3)23-5-7-24(8-6-23)26-11-14-34-36(26)4/h5-8,11,14,17,20-22,25,27,31,33,38H,9-10,12-13,15-16,18-19H2,1-4H3/t21-,25-,27+,31-/m1/s1. The normalized spacial score (nSPS) is 21.0. The summed E-state index contributed by atoms with van der Waals surface area (Å²) in [5.41, 5.74) is 3.12. The van der Waals surface area contributed by atoms with Crippen LogP contribution >= 0.6 is 0 Å². The number of benzene rings is 1. The second kappa shape index (κ2) is 13.2. The fraction of sp³-hybridized carbons (Fsp3) is 0.562. The highest BCUT2D eigenvalue weighted by molar-refractivity contribution is 5.92. The topological polar surface area (TPSA) is 123 Å². The number of ketones is 1. The van der Waals surface area contributed by atoms with Gasteiger partial charge in [0.2, 0.25) is 5.91 Å². The Morgan fingerprint density at radius 2 is 1.88 bits per heavy atom. The predicted octanol–water partition coefficient (Wildman–Crippen LogP) is 3.92. The number of nitrogens with one attached hydrogen (secondary N) is 1. The zero-order valence-corrected chi connectivity index (χ0v) is 25.0. The minimum atomic E-state index is -0.747. The van der Waals surface area contributed by atoms with Crippen molar-refractivity contribution in [3.63, 3.8) is 0 Å². The number of carbonyl (C=O) groups excluding carboxylic acids is 2. The molecule has 0 bridgehead atoms. The first-order chi connectivity index (χ1) is 20.2. The number of aliphatic hydroxyl groups excluding tert-OH is 1. The molecule has 0 unspecified atom stereocenters. The molecule has 10 nitrogen and oxygen atoms in total. The molecule has 2 aliphatic rings. The van der Waals surface area contributed by atoms with Crippen LogP contribution in [-0.4, -0.2) is 75.0 Å². The average Bonchev–Trinajstić information content (AvgIpc) is 3.72. The quantitative estimate of drug-likeness (QED) is 0.352. The van der Waals surface area contributed by atoms with E-state index in [2.05, 4.69) is 15.6 Å². The summed E-state index contributed by atoms with van der Waals surface area (Å²) in [6.07, 6.45) is 3.64. The zero-order valence-electron chi connectivity index (χ0n) is 25.0. The molecule has 0 aliphatic carbocycles. The molecule has 2 fully saturated rings. The van der Waals surface area contributed by atoms with Gasteiger partial charge in [-0.1, -0.05) is 45.0 Å². The number of piperidine rings is 1. The number of aromatic nitrogens is 3. The molecule has 42 heavy (non-hydrogen) atoms. The van der Waals surface area contributed by atoms with Gasteiger partial charge < -0.3 is 24.6 Å². The molecular formula is C32H43N5O5. The van der Waals surface area contributed by atoms with Crippen LogP contribution in [0.5, 0.6) is 5.88 Å². The molecule has 4 atom stereocenters. The third-order valence-corrected chi connectivity index (χ3v) is 8.71. The lowest BCUT2D eigenvalue weighted by Gasteiger charge is -2.29. The summed E-state index contributed by atoms with van der Waals surface area (Å²) in [7, 11) is 1.91. The van der Waals surface area contributed by atoms with E-state index in [4.69, 9.17) is 9.26 Å². The molecule has 2 aromatic heterocycles. The average molecular weight is 578 g/mol. The van der Waals surface area contributed by atoms with Crippen molar-refractivity contribution in [3.05, 3.63) is 53.9 Å². The van der Waals surface area contributed by atoms with Crippen LogP contribution in [-0.2, 0) is 16.6 Å². The third-order valence-electron chi connectivity index (χ3n) is 8.71. The summed E-state index contributed by atoms with van der Waals surface area (Å²) in [5, 5.41) is 22.2. The molecule has 226 valence electrons.